The molecule has 10 rings (SSSR count). The average molecular weight is 697 g/mol. The molecule has 0 aliphatic heterocycles. The van der Waals surface area contributed by atoms with Gasteiger partial charge in [-0.05, 0) is 97.8 Å². The molecule has 0 unspecified atom stereocenters. The van der Waals surface area contributed by atoms with Gasteiger partial charge >= 0.3 is 0 Å². The number of hydrogen-bond donors (Lipinski definition) is 0. The van der Waals surface area contributed by atoms with E-state index in [2.05, 4.69) is 157 Å². The van der Waals surface area contributed by atoms with Crippen LogP contribution in [0.2, 0.25) is 0 Å². The highest BCUT2D eigenvalue weighted by Gasteiger charge is 2.23. The van der Waals surface area contributed by atoms with Crippen molar-refractivity contribution in [3.63, 3.8) is 0 Å². The highest BCUT2D eigenvalue weighted by Crippen LogP contribution is 2.43. The van der Waals surface area contributed by atoms with E-state index in [1.54, 1.807) is 0 Å². The smallest absolute Gasteiger partial charge is 0.146 e. The number of nitrogens with zero attached hydrogens (tertiary/aromatic N) is 2. The van der Waals surface area contributed by atoms with Crippen molar-refractivity contribution in [1.29, 1.82) is 0 Å². The first-order chi connectivity index (χ1) is 26.6. The summed E-state index contributed by atoms with van der Waals surface area (Å²) >= 11 is 0. The number of aromatic nitrogens is 2. The Bertz CT molecular complexity index is 3160. The van der Waals surface area contributed by atoms with Crippen LogP contribution in [-0.4, -0.2) is 9.13 Å². The number of furan rings is 2. The van der Waals surface area contributed by atoms with Gasteiger partial charge in [-0.15, -0.1) is 0 Å². The fraction of sp³-hybridized carbons (Fsp3) is 0.0400. The fourth-order valence-corrected chi connectivity index (χ4v) is 8.43. The molecule has 4 heterocycles. The molecule has 10 aromatic rings. The summed E-state index contributed by atoms with van der Waals surface area (Å²) in [4.78, 5) is 0. The van der Waals surface area contributed by atoms with Crippen molar-refractivity contribution in [3.05, 3.63) is 175 Å². The van der Waals surface area contributed by atoms with Crippen LogP contribution in [0.5, 0.6) is 0 Å². The van der Waals surface area contributed by atoms with Crippen LogP contribution < -0.4 is 0 Å². The van der Waals surface area contributed by atoms with E-state index in [1.165, 1.54) is 16.2 Å². The summed E-state index contributed by atoms with van der Waals surface area (Å²) in [6.45, 7) is 12.4. The van der Waals surface area contributed by atoms with E-state index in [4.69, 9.17) is 8.83 Å². The molecule has 0 aliphatic carbocycles. The van der Waals surface area contributed by atoms with Gasteiger partial charge in [-0.2, -0.15) is 0 Å². The molecule has 258 valence electrons. The molecule has 0 N–H and O–H groups in total. The lowest BCUT2D eigenvalue weighted by atomic mass is 10.00. The Morgan fingerprint density at radius 1 is 0.519 bits per heavy atom. The number of allylic oxidation sites excluding steroid dienone is 1. The van der Waals surface area contributed by atoms with Gasteiger partial charge in [0.2, 0.25) is 0 Å². The lowest BCUT2D eigenvalue weighted by molar-refractivity contribution is 0.574. The molecule has 54 heavy (non-hydrogen) atoms. The molecule has 4 aromatic heterocycles. The van der Waals surface area contributed by atoms with Gasteiger partial charge in [0.05, 0.1) is 27.8 Å². The maximum Gasteiger partial charge on any atom is 0.146 e. The van der Waals surface area contributed by atoms with Crippen LogP contribution in [-0.2, 0) is 0 Å². The van der Waals surface area contributed by atoms with Gasteiger partial charge in [0.25, 0.3) is 0 Å². The van der Waals surface area contributed by atoms with Gasteiger partial charge in [-0.3, -0.25) is 0 Å². The topological polar surface area (TPSA) is 36.1 Å². The molecule has 0 amide bonds. The normalized spacial score (nSPS) is 12.0. The first-order valence-electron chi connectivity index (χ1n) is 18.3. The Morgan fingerprint density at radius 2 is 1.19 bits per heavy atom. The van der Waals surface area contributed by atoms with E-state index in [-0.39, 0.29) is 0 Å². The summed E-state index contributed by atoms with van der Waals surface area (Å²) in [5.74, 6) is 1.59. The molecular formula is C50H36N2O2. The Labute approximate surface area is 312 Å². The lowest BCUT2D eigenvalue weighted by Gasteiger charge is -2.10. The molecular weight excluding hydrogens is 661 g/mol. The van der Waals surface area contributed by atoms with Gasteiger partial charge in [0.15, 0.2) is 0 Å². The SMILES string of the molecule is C=Cc1c(-c2c(C)oc3ccc(-n4c5ccccc5c5cc(-c6ccc7c(c6)c(/C=C\C)c(C=C)n7-c6ccccc6)ccc54)cc23)oc2ccccc12. The van der Waals surface area contributed by atoms with E-state index in [0.717, 1.165) is 94.9 Å². The van der Waals surface area contributed by atoms with Crippen molar-refractivity contribution in [2.45, 2.75) is 13.8 Å². The molecule has 4 heteroatoms. The monoisotopic (exact) mass is 696 g/mol. The number of fused-ring (bicyclic) bond motifs is 6. The van der Waals surface area contributed by atoms with Crippen molar-refractivity contribution in [2.75, 3.05) is 0 Å². The zero-order chi connectivity index (χ0) is 36.5. The van der Waals surface area contributed by atoms with E-state index in [0.29, 0.717) is 0 Å². The van der Waals surface area contributed by atoms with Crippen LogP contribution in [0.15, 0.2) is 162 Å². The molecule has 0 spiro atoms. The van der Waals surface area contributed by atoms with Crippen LogP contribution in [0.3, 0.4) is 0 Å². The Balaban J connectivity index is 1.15. The highest BCUT2D eigenvalue weighted by atomic mass is 16.4. The third-order valence-corrected chi connectivity index (χ3v) is 10.8. The highest BCUT2D eigenvalue weighted by molar-refractivity contribution is 6.11. The van der Waals surface area contributed by atoms with Crippen molar-refractivity contribution < 1.29 is 8.83 Å². The summed E-state index contributed by atoms with van der Waals surface area (Å²) in [6, 6.07) is 47.3. The van der Waals surface area contributed by atoms with Crippen molar-refractivity contribution in [1.82, 2.24) is 9.13 Å². The van der Waals surface area contributed by atoms with Crippen LogP contribution in [0.25, 0.3) is 107 Å². The van der Waals surface area contributed by atoms with Gasteiger partial charge in [-0.25, -0.2) is 0 Å². The molecule has 0 aliphatic rings. The summed E-state index contributed by atoms with van der Waals surface area (Å²) in [6.07, 6.45) is 8.13. The van der Waals surface area contributed by atoms with Gasteiger partial charge in [0, 0.05) is 49.4 Å². The average Bonchev–Trinajstić information content (AvgIpc) is 3.94. The predicted octanol–water partition coefficient (Wildman–Crippen LogP) is 14.2. The number of benzene rings is 6. The maximum absolute atomic E-state index is 6.49. The quantitative estimate of drug-likeness (QED) is 0.166. The molecule has 0 saturated heterocycles. The zero-order valence-electron chi connectivity index (χ0n) is 30.1. The number of rotatable bonds is 7. The second-order valence-corrected chi connectivity index (χ2v) is 13.7. The first kappa shape index (κ1) is 31.7. The van der Waals surface area contributed by atoms with E-state index in [9.17, 15) is 0 Å². The minimum Gasteiger partial charge on any atom is -0.461 e. The molecule has 4 nitrogen and oxygen atoms in total. The Hall–Kier alpha value is -7.04. The third kappa shape index (κ3) is 4.63. The number of hydrogen-bond acceptors (Lipinski definition) is 2. The summed E-state index contributed by atoms with van der Waals surface area (Å²) in [7, 11) is 0. The minimum absolute atomic E-state index is 0.778. The standard InChI is InChI=1S/C50H36N2O2/c1-5-15-37-40-28-32(22-25-45(40)51(43(37)7-3)34-16-9-8-10-17-34)33-23-26-46-41(29-33)38-18-11-13-20-44(38)52(46)35-24-27-48-42(30-35)49(31(4)53-48)50-36(6-2)39-19-12-14-21-47(39)54-50/h5-30H,2-3H2,1,4H3/b15-5-. The van der Waals surface area contributed by atoms with E-state index >= 15 is 0 Å². The summed E-state index contributed by atoms with van der Waals surface area (Å²) in [5, 5.41) is 5.62. The van der Waals surface area contributed by atoms with Crippen LogP contribution in [0.1, 0.15) is 29.5 Å². The second-order valence-electron chi connectivity index (χ2n) is 13.7. The number of para-hydroxylation sites is 3. The van der Waals surface area contributed by atoms with Crippen molar-refractivity contribution in [3.8, 4) is 33.8 Å². The maximum atomic E-state index is 6.49. The number of aryl methyl sites for hydroxylation is 1. The fourth-order valence-electron chi connectivity index (χ4n) is 8.43. The Morgan fingerprint density at radius 3 is 1.94 bits per heavy atom. The van der Waals surface area contributed by atoms with Crippen molar-refractivity contribution >= 4 is 72.9 Å². The second kappa shape index (κ2) is 12.3. The minimum atomic E-state index is 0.778. The predicted molar refractivity (Wildman–Crippen MR) is 228 cm³/mol. The van der Waals surface area contributed by atoms with E-state index in [1.807, 2.05) is 37.3 Å². The van der Waals surface area contributed by atoms with Gasteiger partial charge in [-0.1, -0.05) is 98.1 Å². The molecule has 0 atom stereocenters. The van der Waals surface area contributed by atoms with Gasteiger partial charge < -0.3 is 18.0 Å². The summed E-state index contributed by atoms with van der Waals surface area (Å²) < 4.78 is 17.5. The largest absolute Gasteiger partial charge is 0.461 e. The van der Waals surface area contributed by atoms with Crippen molar-refractivity contribution in [2.24, 2.45) is 0 Å². The molecule has 0 fully saturated rings. The molecule has 0 saturated carbocycles. The van der Waals surface area contributed by atoms with Crippen LogP contribution in [0, 0.1) is 6.92 Å². The molecule has 0 bridgehead atoms. The third-order valence-electron chi connectivity index (χ3n) is 10.8. The lowest BCUT2D eigenvalue weighted by Crippen LogP contribution is -1.96. The zero-order valence-corrected chi connectivity index (χ0v) is 30.1. The van der Waals surface area contributed by atoms with Crippen LogP contribution in [0.4, 0.5) is 0 Å². The molecule has 0 radical (unpaired) electrons. The first-order valence-corrected chi connectivity index (χ1v) is 18.3. The Kier molecular flexibility index (Phi) is 7.21. The van der Waals surface area contributed by atoms with Gasteiger partial charge in [0.1, 0.15) is 22.7 Å². The van der Waals surface area contributed by atoms with E-state index < -0.39 is 0 Å². The summed E-state index contributed by atoms with van der Waals surface area (Å²) in [5.41, 5.74) is 13.7. The van der Waals surface area contributed by atoms with Crippen LogP contribution >= 0.6 is 0 Å². The molecule has 6 aromatic carbocycles.